The third-order valence-electron chi connectivity index (χ3n) is 3.27. The number of carbonyl (C=O) groups excluding carboxylic acids is 2. The molecule has 23 heavy (non-hydrogen) atoms. The Balaban J connectivity index is 2.43. The number of fused-ring (bicyclic) bond motifs is 1. The molecule has 2 aromatic rings. The summed E-state index contributed by atoms with van der Waals surface area (Å²) in [6.07, 6.45) is 0. The zero-order valence-corrected chi connectivity index (χ0v) is 14.1. The number of aromatic nitrogens is 1. The molecule has 118 valence electrons. The van der Waals surface area contributed by atoms with Crippen molar-refractivity contribution in [3.8, 4) is 5.69 Å². The lowest BCUT2D eigenvalue weighted by atomic mass is 10.1. The van der Waals surface area contributed by atoms with Crippen molar-refractivity contribution in [1.82, 2.24) is 9.88 Å². The van der Waals surface area contributed by atoms with Crippen LogP contribution in [0.2, 0.25) is 0 Å². The average Bonchev–Trinajstić information content (AvgIpc) is 2.74. The minimum Gasteiger partial charge on any atom is -0.384 e. The van der Waals surface area contributed by atoms with E-state index >= 15 is 0 Å². The lowest BCUT2D eigenvalue weighted by Gasteiger charge is -2.15. The van der Waals surface area contributed by atoms with E-state index in [1.54, 1.807) is 0 Å². The van der Waals surface area contributed by atoms with Crippen LogP contribution in [0.3, 0.4) is 0 Å². The van der Waals surface area contributed by atoms with Gasteiger partial charge in [0.25, 0.3) is 17.4 Å². The largest absolute Gasteiger partial charge is 0.384 e. The summed E-state index contributed by atoms with van der Waals surface area (Å²) in [7, 11) is 0. The highest BCUT2D eigenvalue weighted by Gasteiger charge is 2.33. The van der Waals surface area contributed by atoms with Gasteiger partial charge in [-0.1, -0.05) is 0 Å². The molecule has 0 saturated heterocycles. The first kappa shape index (κ1) is 15.8. The molecule has 1 aromatic carbocycles. The van der Waals surface area contributed by atoms with Gasteiger partial charge in [-0.3, -0.25) is 24.3 Å². The molecule has 2 amide bonds. The van der Waals surface area contributed by atoms with Gasteiger partial charge >= 0.3 is 0 Å². The predicted molar refractivity (Wildman–Crippen MR) is 83.6 cm³/mol. The minimum absolute atomic E-state index is 0.0294. The molecule has 3 rings (SSSR count). The van der Waals surface area contributed by atoms with Gasteiger partial charge in [-0.25, -0.2) is 8.78 Å². The monoisotopic (exact) mass is 447 g/mol. The van der Waals surface area contributed by atoms with Crippen LogP contribution in [0.15, 0.2) is 25.9 Å². The summed E-state index contributed by atoms with van der Waals surface area (Å²) < 4.78 is 27.7. The van der Waals surface area contributed by atoms with Crippen LogP contribution in [-0.2, 0) is 0 Å². The third-order valence-corrected chi connectivity index (χ3v) is 4.60. The zero-order chi connectivity index (χ0) is 17.0. The number of pyridine rings is 1. The number of amides is 2. The van der Waals surface area contributed by atoms with Crippen LogP contribution in [0.4, 0.5) is 14.6 Å². The molecule has 1 aliphatic rings. The Kier molecular flexibility index (Phi) is 3.60. The molecular weight excluding hydrogens is 444 g/mol. The summed E-state index contributed by atoms with van der Waals surface area (Å²) in [5.74, 6) is -4.25. The van der Waals surface area contributed by atoms with Gasteiger partial charge in [0.05, 0.1) is 21.3 Å². The number of benzene rings is 1. The molecule has 0 aliphatic carbocycles. The molecular formula is C13H5Br2F2N3O3. The van der Waals surface area contributed by atoms with Crippen LogP contribution >= 0.6 is 31.9 Å². The second-order valence-corrected chi connectivity index (χ2v) is 6.24. The summed E-state index contributed by atoms with van der Waals surface area (Å²) in [6.45, 7) is 0. The van der Waals surface area contributed by atoms with E-state index in [1.165, 1.54) is 0 Å². The molecule has 0 fully saturated rings. The van der Waals surface area contributed by atoms with Crippen molar-refractivity contribution in [2.45, 2.75) is 0 Å². The van der Waals surface area contributed by atoms with E-state index in [4.69, 9.17) is 5.73 Å². The van der Waals surface area contributed by atoms with Crippen LogP contribution < -0.4 is 16.6 Å². The molecule has 1 aromatic heterocycles. The zero-order valence-electron chi connectivity index (χ0n) is 10.9. The van der Waals surface area contributed by atoms with Gasteiger partial charge in [-0.2, -0.15) is 0 Å². The summed E-state index contributed by atoms with van der Waals surface area (Å²) in [6, 6.07) is 1.73. The highest BCUT2D eigenvalue weighted by atomic mass is 79.9. The Labute approximate surface area is 143 Å². The second-order valence-electron chi connectivity index (χ2n) is 4.59. The predicted octanol–water partition coefficient (Wildman–Crippen LogP) is 2.11. The number of imide groups is 1. The van der Waals surface area contributed by atoms with Gasteiger partial charge < -0.3 is 5.73 Å². The maximum atomic E-state index is 13.8. The minimum atomic E-state index is -1.23. The quantitative estimate of drug-likeness (QED) is 0.397. The summed E-state index contributed by atoms with van der Waals surface area (Å²) in [5, 5.41) is 2.01. The van der Waals surface area contributed by atoms with Crippen LogP contribution in [0.5, 0.6) is 0 Å². The smallest absolute Gasteiger partial charge is 0.262 e. The topological polar surface area (TPSA) is 94.2 Å². The normalized spacial score (nSPS) is 13.2. The number of nitrogen functional groups attached to an aromatic ring is 1. The molecule has 0 saturated carbocycles. The van der Waals surface area contributed by atoms with Crippen molar-refractivity contribution in [2.24, 2.45) is 0 Å². The fourth-order valence-electron chi connectivity index (χ4n) is 2.27. The van der Waals surface area contributed by atoms with E-state index in [9.17, 15) is 23.2 Å². The number of carbonyl (C=O) groups is 2. The highest BCUT2D eigenvalue weighted by Crippen LogP contribution is 2.35. The van der Waals surface area contributed by atoms with Crippen LogP contribution in [0.25, 0.3) is 5.69 Å². The number of rotatable bonds is 1. The van der Waals surface area contributed by atoms with Gasteiger partial charge in [-0.15, -0.1) is 0 Å². The molecule has 10 heteroatoms. The van der Waals surface area contributed by atoms with Crippen molar-refractivity contribution < 1.29 is 18.4 Å². The molecule has 3 N–H and O–H groups in total. The SMILES string of the molecule is Nc1c2c(cc(=O)n1-c1c(Br)cc(F)c(F)c1Br)C(=O)NC2=O. The fraction of sp³-hybridized carbons (Fsp3) is 0. The van der Waals surface area contributed by atoms with Gasteiger partial charge in [0.15, 0.2) is 11.6 Å². The van der Waals surface area contributed by atoms with Gasteiger partial charge in [0, 0.05) is 10.5 Å². The van der Waals surface area contributed by atoms with E-state index in [0.717, 1.165) is 16.7 Å². The number of nitrogens with one attached hydrogen (secondary N) is 1. The number of hydrogen-bond donors (Lipinski definition) is 2. The molecule has 0 spiro atoms. The van der Waals surface area contributed by atoms with E-state index in [0.29, 0.717) is 0 Å². The van der Waals surface area contributed by atoms with Gasteiger partial charge in [0.1, 0.15) is 5.82 Å². The number of halogens is 4. The van der Waals surface area contributed by atoms with Crippen molar-refractivity contribution in [2.75, 3.05) is 5.73 Å². The number of nitrogens with zero attached hydrogens (tertiary/aromatic N) is 1. The molecule has 1 aliphatic heterocycles. The second kappa shape index (κ2) is 5.24. The van der Waals surface area contributed by atoms with Crippen molar-refractivity contribution >= 4 is 49.5 Å². The van der Waals surface area contributed by atoms with Crippen molar-refractivity contribution in [3.63, 3.8) is 0 Å². The van der Waals surface area contributed by atoms with Crippen LogP contribution in [-0.4, -0.2) is 16.4 Å². The fourth-order valence-corrected chi connectivity index (χ4v) is 3.69. The Morgan fingerprint density at radius 1 is 1.09 bits per heavy atom. The molecule has 0 radical (unpaired) electrons. The third kappa shape index (κ3) is 2.20. The lowest BCUT2D eigenvalue weighted by molar-refractivity contribution is 0.0880. The van der Waals surface area contributed by atoms with Crippen molar-refractivity contribution in [1.29, 1.82) is 0 Å². The Morgan fingerprint density at radius 2 is 1.74 bits per heavy atom. The maximum Gasteiger partial charge on any atom is 0.262 e. The first-order chi connectivity index (χ1) is 10.7. The number of nitrogens with two attached hydrogens (primary N) is 1. The Bertz CT molecular complexity index is 972. The lowest BCUT2D eigenvalue weighted by Crippen LogP contribution is -2.25. The maximum absolute atomic E-state index is 13.8. The van der Waals surface area contributed by atoms with E-state index in [1.807, 2.05) is 5.32 Å². The van der Waals surface area contributed by atoms with E-state index in [2.05, 4.69) is 31.9 Å². The molecule has 0 unspecified atom stereocenters. The standard InChI is InChI=1S/C13H5Br2F2N3O3/c14-4-2-5(16)9(17)8(15)10(4)20-6(21)1-3-7(11(20)18)13(23)19-12(3)22/h1-2H,18H2,(H,19,22,23). The molecule has 0 bridgehead atoms. The average molecular weight is 449 g/mol. The highest BCUT2D eigenvalue weighted by molar-refractivity contribution is 9.11. The molecule has 2 heterocycles. The van der Waals surface area contributed by atoms with E-state index in [-0.39, 0.29) is 31.6 Å². The number of hydrogen-bond acceptors (Lipinski definition) is 4. The molecule has 0 atom stereocenters. The van der Waals surface area contributed by atoms with Crippen LogP contribution in [0, 0.1) is 11.6 Å². The number of anilines is 1. The van der Waals surface area contributed by atoms with Crippen molar-refractivity contribution in [3.05, 3.63) is 54.2 Å². The summed E-state index contributed by atoms with van der Waals surface area (Å²) in [4.78, 5) is 35.7. The van der Waals surface area contributed by atoms with Gasteiger partial charge in [0.2, 0.25) is 0 Å². The first-order valence-electron chi connectivity index (χ1n) is 5.98. The summed E-state index contributed by atoms with van der Waals surface area (Å²) in [5.41, 5.74) is 4.58. The van der Waals surface area contributed by atoms with Gasteiger partial charge in [-0.05, 0) is 37.9 Å². The van der Waals surface area contributed by atoms with E-state index < -0.39 is 29.0 Å². The van der Waals surface area contributed by atoms with Crippen LogP contribution in [0.1, 0.15) is 20.7 Å². The first-order valence-corrected chi connectivity index (χ1v) is 7.57. The Hall–Kier alpha value is -2.07. The Morgan fingerprint density at radius 3 is 2.39 bits per heavy atom. The molecule has 6 nitrogen and oxygen atoms in total. The summed E-state index contributed by atoms with van der Waals surface area (Å²) >= 11 is 5.89.